The first-order valence-electron chi connectivity index (χ1n) is 6.13. The van der Waals surface area contributed by atoms with E-state index >= 15 is 0 Å². The number of H-pyrrole nitrogens is 1. The Balaban J connectivity index is 2.00. The summed E-state index contributed by atoms with van der Waals surface area (Å²) in [6.07, 6.45) is 4.73. The van der Waals surface area contributed by atoms with E-state index in [2.05, 4.69) is 38.9 Å². The van der Waals surface area contributed by atoms with E-state index in [1.54, 1.807) is 6.33 Å². The standard InChI is InChI=1S/C12H17N5/c1-8-3-9(2)6-17(5-8)12-10-4-15-16-11(10)13-7-14-12/h4,7-9H,3,5-6H2,1-2H3,(H,13,14,15,16)/t8-,9-/m1/s1. The van der Waals surface area contributed by atoms with E-state index in [0.717, 1.165) is 41.8 Å². The summed E-state index contributed by atoms with van der Waals surface area (Å²) in [4.78, 5) is 11.0. The van der Waals surface area contributed by atoms with Gasteiger partial charge in [0.25, 0.3) is 0 Å². The predicted molar refractivity (Wildman–Crippen MR) is 66.8 cm³/mol. The number of aromatic amines is 1. The summed E-state index contributed by atoms with van der Waals surface area (Å²) in [6, 6.07) is 0. The van der Waals surface area contributed by atoms with Gasteiger partial charge in [0.15, 0.2) is 5.65 Å². The lowest BCUT2D eigenvalue weighted by Crippen LogP contribution is -2.39. The Labute approximate surface area is 100 Å². The van der Waals surface area contributed by atoms with Crippen molar-refractivity contribution < 1.29 is 0 Å². The molecule has 17 heavy (non-hydrogen) atoms. The molecule has 90 valence electrons. The van der Waals surface area contributed by atoms with Gasteiger partial charge in [-0.3, -0.25) is 5.10 Å². The molecule has 3 heterocycles. The first kappa shape index (κ1) is 10.5. The Bertz CT molecular complexity index is 510. The van der Waals surface area contributed by atoms with Crippen LogP contribution in [-0.4, -0.2) is 33.3 Å². The van der Waals surface area contributed by atoms with E-state index < -0.39 is 0 Å². The molecule has 1 aliphatic rings. The van der Waals surface area contributed by atoms with Crippen molar-refractivity contribution >= 4 is 16.9 Å². The van der Waals surface area contributed by atoms with Crippen molar-refractivity contribution in [2.24, 2.45) is 11.8 Å². The number of hydrogen-bond acceptors (Lipinski definition) is 4. The summed E-state index contributed by atoms with van der Waals surface area (Å²) >= 11 is 0. The SMILES string of the molecule is C[C@@H]1C[C@@H](C)CN(c2ncnc3[nH]ncc23)C1. The number of rotatable bonds is 1. The van der Waals surface area contributed by atoms with E-state index in [0.29, 0.717) is 0 Å². The minimum atomic E-state index is 0.718. The summed E-state index contributed by atoms with van der Waals surface area (Å²) < 4.78 is 0. The average Bonchev–Trinajstić information content (AvgIpc) is 2.75. The molecule has 1 saturated heterocycles. The molecule has 0 bridgehead atoms. The zero-order valence-electron chi connectivity index (χ0n) is 10.2. The molecule has 0 saturated carbocycles. The van der Waals surface area contributed by atoms with Gasteiger partial charge in [0.2, 0.25) is 0 Å². The maximum atomic E-state index is 4.43. The van der Waals surface area contributed by atoms with Gasteiger partial charge in [-0.25, -0.2) is 9.97 Å². The molecule has 2 atom stereocenters. The smallest absolute Gasteiger partial charge is 0.160 e. The Kier molecular flexibility index (Phi) is 2.46. The third kappa shape index (κ3) is 1.85. The van der Waals surface area contributed by atoms with Gasteiger partial charge < -0.3 is 4.90 Å². The van der Waals surface area contributed by atoms with Crippen molar-refractivity contribution in [1.82, 2.24) is 20.2 Å². The van der Waals surface area contributed by atoms with E-state index in [1.165, 1.54) is 6.42 Å². The van der Waals surface area contributed by atoms with Gasteiger partial charge in [0, 0.05) is 13.1 Å². The van der Waals surface area contributed by atoms with Crippen LogP contribution in [0.5, 0.6) is 0 Å². The third-order valence-corrected chi connectivity index (χ3v) is 3.40. The largest absolute Gasteiger partial charge is 0.355 e. The quantitative estimate of drug-likeness (QED) is 0.813. The van der Waals surface area contributed by atoms with Gasteiger partial charge in [0.1, 0.15) is 12.1 Å². The summed E-state index contributed by atoms with van der Waals surface area (Å²) in [5.41, 5.74) is 0.820. The van der Waals surface area contributed by atoms with Crippen LogP contribution >= 0.6 is 0 Å². The lowest BCUT2D eigenvalue weighted by Gasteiger charge is -2.35. The predicted octanol–water partition coefficient (Wildman–Crippen LogP) is 1.84. The highest BCUT2D eigenvalue weighted by molar-refractivity contribution is 5.86. The maximum Gasteiger partial charge on any atom is 0.160 e. The molecule has 0 unspecified atom stereocenters. The second-order valence-electron chi connectivity index (χ2n) is 5.18. The Morgan fingerprint density at radius 3 is 2.76 bits per heavy atom. The summed E-state index contributed by atoms with van der Waals surface area (Å²) in [5, 5.41) is 7.96. The number of nitrogens with zero attached hydrogens (tertiary/aromatic N) is 4. The van der Waals surface area contributed by atoms with Gasteiger partial charge in [-0.1, -0.05) is 13.8 Å². The molecule has 0 aromatic carbocycles. The van der Waals surface area contributed by atoms with Crippen LogP contribution in [0.15, 0.2) is 12.5 Å². The molecule has 2 aromatic heterocycles. The number of piperidine rings is 1. The second kappa shape index (κ2) is 3.98. The molecule has 3 rings (SSSR count). The normalized spacial score (nSPS) is 25.4. The van der Waals surface area contributed by atoms with Crippen LogP contribution in [0.25, 0.3) is 11.0 Å². The zero-order chi connectivity index (χ0) is 11.8. The van der Waals surface area contributed by atoms with Crippen molar-refractivity contribution in [1.29, 1.82) is 0 Å². The minimum Gasteiger partial charge on any atom is -0.355 e. The van der Waals surface area contributed by atoms with Crippen molar-refractivity contribution in [3.8, 4) is 0 Å². The molecule has 0 amide bonds. The zero-order valence-corrected chi connectivity index (χ0v) is 10.2. The van der Waals surface area contributed by atoms with Crippen molar-refractivity contribution in [2.45, 2.75) is 20.3 Å². The van der Waals surface area contributed by atoms with Crippen molar-refractivity contribution in [2.75, 3.05) is 18.0 Å². The van der Waals surface area contributed by atoms with Crippen LogP contribution in [0.1, 0.15) is 20.3 Å². The number of anilines is 1. The minimum absolute atomic E-state index is 0.718. The van der Waals surface area contributed by atoms with Gasteiger partial charge in [-0.05, 0) is 18.3 Å². The van der Waals surface area contributed by atoms with E-state index in [9.17, 15) is 0 Å². The summed E-state index contributed by atoms with van der Waals surface area (Å²) in [5.74, 6) is 2.45. The Hall–Kier alpha value is -1.65. The number of nitrogens with one attached hydrogen (secondary N) is 1. The van der Waals surface area contributed by atoms with Gasteiger partial charge in [-0.2, -0.15) is 5.10 Å². The van der Waals surface area contributed by atoms with Crippen LogP contribution in [0.4, 0.5) is 5.82 Å². The van der Waals surface area contributed by atoms with Crippen LogP contribution in [0.2, 0.25) is 0 Å². The number of aromatic nitrogens is 4. The molecule has 2 aromatic rings. The Morgan fingerprint density at radius 2 is 2.00 bits per heavy atom. The van der Waals surface area contributed by atoms with Crippen LogP contribution in [0, 0.1) is 11.8 Å². The number of hydrogen-bond donors (Lipinski definition) is 1. The highest BCUT2D eigenvalue weighted by Gasteiger charge is 2.24. The van der Waals surface area contributed by atoms with E-state index in [4.69, 9.17) is 0 Å². The van der Waals surface area contributed by atoms with Crippen molar-refractivity contribution in [3.05, 3.63) is 12.5 Å². The molecule has 1 fully saturated rings. The molecule has 1 N–H and O–H groups in total. The molecule has 0 aliphatic carbocycles. The first-order chi connectivity index (χ1) is 8.24. The first-order valence-corrected chi connectivity index (χ1v) is 6.13. The average molecular weight is 231 g/mol. The fourth-order valence-corrected chi connectivity index (χ4v) is 2.84. The van der Waals surface area contributed by atoms with Crippen LogP contribution in [0.3, 0.4) is 0 Å². The molecule has 0 spiro atoms. The lowest BCUT2D eigenvalue weighted by atomic mass is 9.92. The number of fused-ring (bicyclic) bond motifs is 1. The molecule has 0 radical (unpaired) electrons. The highest BCUT2D eigenvalue weighted by atomic mass is 15.2. The van der Waals surface area contributed by atoms with Crippen LogP contribution in [-0.2, 0) is 0 Å². The molecular weight excluding hydrogens is 214 g/mol. The van der Waals surface area contributed by atoms with Crippen molar-refractivity contribution in [3.63, 3.8) is 0 Å². The highest BCUT2D eigenvalue weighted by Crippen LogP contribution is 2.28. The second-order valence-corrected chi connectivity index (χ2v) is 5.18. The maximum absolute atomic E-state index is 4.43. The van der Waals surface area contributed by atoms with E-state index in [-0.39, 0.29) is 0 Å². The molecular formula is C12H17N5. The van der Waals surface area contributed by atoms with Gasteiger partial charge in [0.05, 0.1) is 11.6 Å². The third-order valence-electron chi connectivity index (χ3n) is 3.40. The van der Waals surface area contributed by atoms with Gasteiger partial charge in [-0.15, -0.1) is 0 Å². The molecule has 5 nitrogen and oxygen atoms in total. The summed E-state index contributed by atoms with van der Waals surface area (Å²) in [7, 11) is 0. The Morgan fingerprint density at radius 1 is 1.24 bits per heavy atom. The van der Waals surface area contributed by atoms with Gasteiger partial charge >= 0.3 is 0 Å². The van der Waals surface area contributed by atoms with Crippen LogP contribution < -0.4 is 4.90 Å². The van der Waals surface area contributed by atoms with E-state index in [1.807, 2.05) is 6.20 Å². The topological polar surface area (TPSA) is 57.7 Å². The fraction of sp³-hybridized carbons (Fsp3) is 0.583. The molecule has 5 heteroatoms. The molecule has 1 aliphatic heterocycles. The fourth-order valence-electron chi connectivity index (χ4n) is 2.84. The lowest BCUT2D eigenvalue weighted by molar-refractivity contribution is 0.356. The monoisotopic (exact) mass is 231 g/mol. The summed E-state index contributed by atoms with van der Waals surface area (Å²) in [6.45, 7) is 6.75.